The molecule has 4 heterocycles. The van der Waals surface area contributed by atoms with E-state index in [9.17, 15) is 91.5 Å². The molecule has 6 aliphatic rings. The number of aliphatic carboxylic acids is 3. The summed E-state index contributed by atoms with van der Waals surface area (Å²) in [6, 6.07) is 0.240. The molecule has 3 fully saturated rings. The summed E-state index contributed by atoms with van der Waals surface area (Å²) in [5.74, 6) is -3.57. The number of aromatic nitrogens is 2. The minimum atomic E-state index is -5.77. The van der Waals surface area contributed by atoms with Crippen LogP contribution < -0.4 is 32.7 Å². The monoisotopic (exact) mass is 1660 g/mol. The van der Waals surface area contributed by atoms with Crippen LogP contribution in [0.15, 0.2) is 86.3 Å². The van der Waals surface area contributed by atoms with E-state index in [1.54, 1.807) is 11.9 Å². The molecule has 612 valence electrons. The number of carbonyl (C=O) groups is 10. The molecule has 3 aliphatic carbocycles. The van der Waals surface area contributed by atoms with Gasteiger partial charge in [0.2, 0.25) is 35.4 Å². The zero-order chi connectivity index (χ0) is 81.9. The maximum absolute atomic E-state index is 14.7. The quantitative estimate of drug-likeness (QED) is 0.0173. The van der Waals surface area contributed by atoms with Gasteiger partial charge in [0.1, 0.15) is 42.3 Å². The van der Waals surface area contributed by atoms with Crippen molar-refractivity contribution in [2.45, 2.75) is 185 Å². The second kappa shape index (κ2) is 40.7. The highest BCUT2D eigenvalue weighted by atomic mass is 33.1. The van der Waals surface area contributed by atoms with E-state index in [2.05, 4.69) is 91.0 Å². The summed E-state index contributed by atoms with van der Waals surface area (Å²) in [5, 5.41) is 38.2. The number of amides is 7. The Bertz CT molecular complexity index is 4360. The number of carbonyl (C=O) groups excluding carboxylic acids is 7. The van der Waals surface area contributed by atoms with E-state index in [1.807, 2.05) is 30.4 Å². The highest BCUT2D eigenvalue weighted by Crippen LogP contribution is 2.66. The smallest absolute Gasteiger partial charge is 0.481 e. The number of nitrogen functional groups attached to an aromatic ring is 1. The van der Waals surface area contributed by atoms with Crippen LogP contribution in [0.3, 0.4) is 0 Å². The van der Waals surface area contributed by atoms with E-state index in [0.717, 1.165) is 47.1 Å². The van der Waals surface area contributed by atoms with Crippen molar-refractivity contribution >= 4 is 116 Å². The second-order valence-electron chi connectivity index (χ2n) is 27.8. The van der Waals surface area contributed by atoms with Gasteiger partial charge < -0.3 is 81.3 Å². The lowest BCUT2D eigenvalue weighted by Gasteiger charge is -2.42. The topological polar surface area (TPSA) is 532 Å². The average Bonchev–Trinajstić information content (AvgIpc) is 0.842. The highest BCUT2D eigenvalue weighted by Gasteiger charge is 2.46. The van der Waals surface area contributed by atoms with E-state index in [-0.39, 0.29) is 118 Å². The maximum atomic E-state index is 14.7. The number of allylic oxidation sites excluding steroid dienone is 8. The van der Waals surface area contributed by atoms with Crippen molar-refractivity contribution in [3.8, 4) is 11.8 Å². The van der Waals surface area contributed by atoms with Gasteiger partial charge in [0, 0.05) is 81.2 Å². The van der Waals surface area contributed by atoms with Gasteiger partial charge in [-0.1, -0.05) is 101 Å². The molecule has 12 atom stereocenters. The number of rotatable bonds is 38. The van der Waals surface area contributed by atoms with Crippen LogP contribution in [0.5, 0.6) is 0 Å². The number of phosphoric acid groups is 3. The molecule has 3 saturated heterocycles. The Morgan fingerprint density at radius 2 is 1.51 bits per heavy atom. The number of nitrogens with one attached hydrogen (secondary N) is 4. The fraction of sp³-hybridized carbons (Fsp3) is 0.563. The summed E-state index contributed by atoms with van der Waals surface area (Å²) < 4.78 is 53.5. The summed E-state index contributed by atoms with van der Waals surface area (Å²) in [5.41, 5.74) is 14.1. The molecule has 7 amide bonds. The third kappa shape index (κ3) is 25.2. The zero-order valence-electron chi connectivity index (χ0n) is 62.5. The number of nitrogens with two attached hydrogens (primary N) is 1. The Balaban J connectivity index is 0.849. The van der Waals surface area contributed by atoms with Gasteiger partial charge in [0.15, 0.2) is 0 Å². The molecule has 41 heteroatoms. The van der Waals surface area contributed by atoms with E-state index in [4.69, 9.17) is 25.2 Å². The third-order valence-corrected chi connectivity index (χ3v) is 25.9. The van der Waals surface area contributed by atoms with Gasteiger partial charge in [0.05, 0.1) is 43.4 Å². The van der Waals surface area contributed by atoms with Gasteiger partial charge in [0.25, 0.3) is 5.91 Å². The number of benzene rings is 1. The number of carboxylic acids is 3. The predicted molar refractivity (Wildman–Crippen MR) is 409 cm³/mol. The van der Waals surface area contributed by atoms with Crippen molar-refractivity contribution < 1.29 is 114 Å². The van der Waals surface area contributed by atoms with Crippen LogP contribution in [0, 0.1) is 23.7 Å². The Hall–Kier alpha value is -8.14. The van der Waals surface area contributed by atoms with E-state index >= 15 is 0 Å². The van der Waals surface area contributed by atoms with Crippen LogP contribution in [0.25, 0.3) is 0 Å². The van der Waals surface area contributed by atoms with Crippen LogP contribution in [0.1, 0.15) is 170 Å². The summed E-state index contributed by atoms with van der Waals surface area (Å²) >= 11 is 0. The number of carboxylic acid groups (broad SMARTS) is 3. The zero-order valence-corrected chi connectivity index (χ0v) is 66.8. The maximum Gasteiger partial charge on any atom is 0.490 e. The molecule has 0 radical (unpaired) electrons. The van der Waals surface area contributed by atoms with Crippen molar-refractivity contribution in [2.24, 2.45) is 16.8 Å². The number of hydrogen-bond donors (Lipinski definition) is 12. The first-order valence-corrected chi connectivity index (χ1v) is 43.7. The number of likely N-dealkylation sites (tertiary alicyclic amines) is 2. The average molecular weight is 1660 g/mol. The standard InChI is InChI=1S/C71H96N11O25P3S2/c1-6-15-43-34-45-35-46-36-53(73-7-2)42(4)33-51(46)63(50(45)32-41(43)3)48-17-8-9-18-49(48)68(92)79(5)27-13-22-59(84)80-28-12-21-57(80)69(93)81-29-11-20-56(81)67(91)75-52(65(89)76-54(37-61(85)86)66(90)77-55(70(94)95)38-62(87)88)19-14-30-111-112-31-25-58(83)74-26-10-16-44-39-82(71(96)78-64(44)72)60-24-23-47(105-60)40-104-109(100,101)107-110(102,103)106-108(97,98)99/h8-9,17-18,33-34,36,39,41,47,51-52,54-57,60,63H,6-7,11-15,19-32,35,37-38,40H2,1-5H3,(H,74,83)(H,75,91)(H,76,89)(H,77,90)(H,85,86)(H,87,88)(H,94,95)(H,100,101)(H,102,103)(H2,72,78,96)(H2,97,98,99)/t41-,47+,51?,52?,54?,55?,56?,57?,60-,63?/m1/s1. The molecule has 13 N–H and O–H groups in total. The fourth-order valence-corrected chi connectivity index (χ4v) is 19.6. The number of ether oxygens (including phenoxy) is 1. The molecule has 0 spiro atoms. The second-order valence-corrected chi connectivity index (χ2v) is 34.9. The van der Waals surface area contributed by atoms with E-state index in [1.165, 1.54) is 59.9 Å². The van der Waals surface area contributed by atoms with Crippen LogP contribution in [0.4, 0.5) is 5.82 Å². The SMILES string of the molecule is CCCC1=CC2=C(C[C@H]1C)C(c1ccccc1C(=O)N(C)CCCC(=O)N1CCCC1C(=O)N1CCCC1C(=O)NC(CCCSSCCC(=O)NCC#Cc1cn([C@H]3CC[C@@H](COP(=O)(O)OP(=O)(O)OP(=O)(O)O)O3)c(=O)nc1N)C(=O)NC(CC(=O)O)C(=O)NC(CC(=O)O)C(=O)O)C1C=C(C)C(=NCC)C=C1C2. The number of anilines is 1. The van der Waals surface area contributed by atoms with Gasteiger partial charge in [-0.25, -0.2) is 23.3 Å². The van der Waals surface area contributed by atoms with Gasteiger partial charge >= 0.3 is 47.1 Å². The number of hydrogen-bond acceptors (Lipinski definition) is 23. The molecule has 3 aliphatic heterocycles. The molecule has 112 heavy (non-hydrogen) atoms. The molecular weight excluding hydrogens is 1560 g/mol. The van der Waals surface area contributed by atoms with Crippen molar-refractivity contribution in [2.75, 3.05) is 63.6 Å². The van der Waals surface area contributed by atoms with Crippen LogP contribution >= 0.6 is 45.1 Å². The normalized spacial score (nSPS) is 22.4. The number of fused-ring (bicyclic) bond motifs is 1. The molecule has 0 bridgehead atoms. The van der Waals surface area contributed by atoms with Crippen molar-refractivity contribution in [3.05, 3.63) is 104 Å². The summed E-state index contributed by atoms with van der Waals surface area (Å²) in [7, 11) is -12.6. The summed E-state index contributed by atoms with van der Waals surface area (Å²) in [4.78, 5) is 196. The van der Waals surface area contributed by atoms with Crippen LogP contribution in [0.2, 0.25) is 0 Å². The van der Waals surface area contributed by atoms with Gasteiger partial charge in [-0.05, 0) is 126 Å². The Morgan fingerprint density at radius 1 is 0.830 bits per heavy atom. The lowest BCUT2D eigenvalue weighted by atomic mass is 9.62. The largest absolute Gasteiger partial charge is 0.490 e. The molecular formula is C71H96N11O25P3S2. The molecule has 1 aromatic carbocycles. The van der Waals surface area contributed by atoms with Crippen molar-refractivity contribution in [1.29, 1.82) is 0 Å². The Kier molecular flexibility index (Phi) is 32.5. The van der Waals surface area contributed by atoms with Gasteiger partial charge in [-0.15, -0.1) is 0 Å². The number of nitrogens with zero attached hydrogens (tertiary/aromatic N) is 6. The van der Waals surface area contributed by atoms with Crippen LogP contribution in [-0.4, -0.2) is 218 Å². The number of aliphatic imine (C=N–C) groups is 1. The van der Waals surface area contributed by atoms with Gasteiger partial charge in [-0.2, -0.15) is 13.6 Å². The highest BCUT2D eigenvalue weighted by molar-refractivity contribution is 8.76. The predicted octanol–water partition coefficient (Wildman–Crippen LogP) is 5.40. The minimum Gasteiger partial charge on any atom is -0.481 e. The first-order valence-electron chi connectivity index (χ1n) is 36.7. The molecule has 0 saturated carbocycles. The molecule has 8 rings (SSSR count). The molecule has 36 nitrogen and oxygen atoms in total. The Morgan fingerprint density at radius 3 is 2.21 bits per heavy atom. The molecule has 9 unspecified atom stereocenters. The summed E-state index contributed by atoms with van der Waals surface area (Å²) in [6.45, 7) is 8.93. The van der Waals surface area contributed by atoms with Gasteiger partial charge in [-0.3, -0.25) is 57.2 Å². The minimum absolute atomic E-state index is 0.00837. The van der Waals surface area contributed by atoms with Crippen LogP contribution in [-0.2, 0) is 74.7 Å². The lowest BCUT2D eigenvalue weighted by molar-refractivity contribution is -0.148. The van der Waals surface area contributed by atoms with Crippen molar-refractivity contribution in [3.63, 3.8) is 0 Å². The lowest BCUT2D eigenvalue weighted by Crippen LogP contribution is -2.58. The first kappa shape index (κ1) is 89.4. The molecule has 1 aromatic heterocycles. The summed E-state index contributed by atoms with van der Waals surface area (Å²) in [6.07, 6.45) is 9.56. The first-order chi connectivity index (χ1) is 53.0. The van der Waals surface area contributed by atoms with Crippen molar-refractivity contribution in [1.82, 2.24) is 45.5 Å². The van der Waals surface area contributed by atoms with E-state index < -0.39 is 139 Å². The molecule has 2 aromatic rings. The third-order valence-electron chi connectivity index (χ3n) is 19.6. The number of phosphoric ester groups is 1. The van der Waals surface area contributed by atoms with E-state index in [0.29, 0.717) is 43.0 Å². The fourth-order valence-electron chi connectivity index (χ4n) is 14.4. The Labute approximate surface area is 653 Å².